The molecular weight excluding hydrogens is 326 g/mol. The lowest BCUT2D eigenvalue weighted by Gasteiger charge is -2.09. The number of aryl methyl sites for hydroxylation is 2. The molecule has 1 aromatic heterocycles. The van der Waals surface area contributed by atoms with E-state index in [1.165, 1.54) is 0 Å². The van der Waals surface area contributed by atoms with Crippen molar-refractivity contribution in [1.82, 2.24) is 15.1 Å². The largest absolute Gasteiger partial charge is 0.489 e. The normalized spacial score (nSPS) is 10.5. The predicted octanol–water partition coefficient (Wildman–Crippen LogP) is 3.48. The van der Waals surface area contributed by atoms with Crippen molar-refractivity contribution in [2.45, 2.75) is 33.0 Å². The van der Waals surface area contributed by atoms with Crippen molar-refractivity contribution in [3.05, 3.63) is 83.7 Å². The third-order valence-corrected chi connectivity index (χ3v) is 3.97. The Morgan fingerprint density at radius 2 is 1.92 bits per heavy atom. The molecule has 5 nitrogen and oxygen atoms in total. The van der Waals surface area contributed by atoms with Gasteiger partial charge in [0.25, 0.3) is 0 Å². The van der Waals surface area contributed by atoms with Gasteiger partial charge in [0.1, 0.15) is 12.4 Å². The van der Waals surface area contributed by atoms with Crippen LogP contribution >= 0.6 is 0 Å². The van der Waals surface area contributed by atoms with Crippen molar-refractivity contribution < 1.29 is 9.53 Å². The van der Waals surface area contributed by atoms with E-state index in [-0.39, 0.29) is 5.91 Å². The molecule has 134 valence electrons. The molecule has 0 spiro atoms. The van der Waals surface area contributed by atoms with Crippen molar-refractivity contribution in [3.63, 3.8) is 0 Å². The van der Waals surface area contributed by atoms with Crippen LogP contribution in [-0.2, 0) is 24.5 Å². The van der Waals surface area contributed by atoms with Crippen molar-refractivity contribution in [1.29, 1.82) is 0 Å². The minimum Gasteiger partial charge on any atom is -0.489 e. The summed E-state index contributed by atoms with van der Waals surface area (Å²) in [5.41, 5.74) is 3.23. The maximum atomic E-state index is 12.0. The van der Waals surface area contributed by atoms with Crippen LogP contribution < -0.4 is 10.1 Å². The molecule has 0 unspecified atom stereocenters. The van der Waals surface area contributed by atoms with Gasteiger partial charge in [0, 0.05) is 25.7 Å². The Morgan fingerprint density at radius 1 is 1.12 bits per heavy atom. The summed E-state index contributed by atoms with van der Waals surface area (Å²) < 4.78 is 7.61. The Balaban J connectivity index is 1.45. The Morgan fingerprint density at radius 3 is 2.69 bits per heavy atom. The quantitative estimate of drug-likeness (QED) is 0.677. The maximum absolute atomic E-state index is 12.0. The van der Waals surface area contributed by atoms with Crippen LogP contribution in [0.4, 0.5) is 0 Å². The summed E-state index contributed by atoms with van der Waals surface area (Å²) in [6.45, 7) is 3.58. The van der Waals surface area contributed by atoms with Gasteiger partial charge in [0.05, 0.1) is 6.20 Å². The molecule has 3 aromatic rings. The van der Waals surface area contributed by atoms with E-state index in [1.54, 1.807) is 10.9 Å². The SMILES string of the molecule is Cc1cnn(CCC(=O)NCc2cccc(OCc3ccccc3)c2)c1. The number of nitrogens with zero attached hydrogens (tertiary/aromatic N) is 2. The van der Waals surface area contributed by atoms with Crippen LogP contribution in [0.2, 0.25) is 0 Å². The van der Waals surface area contributed by atoms with Gasteiger partial charge in [-0.15, -0.1) is 0 Å². The second kappa shape index (κ2) is 8.85. The Kier molecular flexibility index (Phi) is 6.04. The van der Waals surface area contributed by atoms with Crippen molar-refractivity contribution >= 4 is 5.91 Å². The third-order valence-electron chi connectivity index (χ3n) is 3.97. The number of hydrogen-bond donors (Lipinski definition) is 1. The predicted molar refractivity (Wildman–Crippen MR) is 101 cm³/mol. The third kappa shape index (κ3) is 5.48. The molecule has 5 heteroatoms. The Bertz CT molecular complexity index is 843. The molecule has 0 saturated carbocycles. The molecule has 0 saturated heterocycles. The number of carbonyl (C=O) groups excluding carboxylic acids is 1. The first kappa shape index (κ1) is 17.7. The molecule has 0 radical (unpaired) electrons. The second-order valence-corrected chi connectivity index (χ2v) is 6.23. The number of benzene rings is 2. The average molecular weight is 349 g/mol. The summed E-state index contributed by atoms with van der Waals surface area (Å²) in [6, 6.07) is 17.8. The molecule has 26 heavy (non-hydrogen) atoms. The summed E-state index contributed by atoms with van der Waals surface area (Å²) in [4.78, 5) is 12.0. The van der Waals surface area contributed by atoms with Gasteiger partial charge < -0.3 is 10.1 Å². The molecule has 0 atom stereocenters. The molecule has 2 aromatic carbocycles. The van der Waals surface area contributed by atoms with Crippen LogP contribution in [0.3, 0.4) is 0 Å². The fraction of sp³-hybridized carbons (Fsp3) is 0.238. The van der Waals surface area contributed by atoms with E-state index in [0.29, 0.717) is 26.1 Å². The number of ether oxygens (including phenoxy) is 1. The smallest absolute Gasteiger partial charge is 0.222 e. The number of aromatic nitrogens is 2. The molecule has 0 bridgehead atoms. The molecule has 0 aliphatic heterocycles. The molecule has 1 heterocycles. The molecule has 0 aliphatic carbocycles. The first-order chi connectivity index (χ1) is 12.7. The van der Waals surface area contributed by atoms with E-state index in [9.17, 15) is 4.79 Å². The fourth-order valence-corrected chi connectivity index (χ4v) is 2.58. The minimum absolute atomic E-state index is 0.00811. The van der Waals surface area contributed by atoms with Crippen LogP contribution in [0.25, 0.3) is 0 Å². The second-order valence-electron chi connectivity index (χ2n) is 6.23. The number of hydrogen-bond acceptors (Lipinski definition) is 3. The van der Waals surface area contributed by atoms with Crippen molar-refractivity contribution in [3.8, 4) is 5.75 Å². The number of rotatable bonds is 8. The topological polar surface area (TPSA) is 56.2 Å². The number of amides is 1. The molecule has 0 fully saturated rings. The van der Waals surface area contributed by atoms with Gasteiger partial charge in [-0.1, -0.05) is 42.5 Å². The van der Waals surface area contributed by atoms with Crippen molar-refractivity contribution in [2.24, 2.45) is 0 Å². The van der Waals surface area contributed by atoms with Gasteiger partial charge in [-0.05, 0) is 35.7 Å². The maximum Gasteiger partial charge on any atom is 0.222 e. The molecule has 3 rings (SSSR count). The lowest BCUT2D eigenvalue weighted by molar-refractivity contribution is -0.121. The monoisotopic (exact) mass is 349 g/mol. The Hall–Kier alpha value is -3.08. The zero-order valence-electron chi connectivity index (χ0n) is 14.9. The highest BCUT2D eigenvalue weighted by Gasteiger charge is 2.04. The summed E-state index contributed by atoms with van der Waals surface area (Å²) >= 11 is 0. The Labute approximate surface area is 153 Å². The number of carbonyl (C=O) groups is 1. The van der Waals surface area contributed by atoms with E-state index >= 15 is 0 Å². The van der Waals surface area contributed by atoms with Crippen LogP contribution in [0, 0.1) is 6.92 Å². The highest BCUT2D eigenvalue weighted by atomic mass is 16.5. The van der Waals surface area contributed by atoms with Crippen LogP contribution in [0.1, 0.15) is 23.1 Å². The summed E-state index contributed by atoms with van der Waals surface area (Å²) in [6.07, 6.45) is 4.13. The zero-order chi connectivity index (χ0) is 18.2. The summed E-state index contributed by atoms with van der Waals surface area (Å²) in [5, 5.41) is 7.12. The van der Waals surface area contributed by atoms with E-state index < -0.39 is 0 Å². The van der Waals surface area contributed by atoms with Gasteiger partial charge >= 0.3 is 0 Å². The van der Waals surface area contributed by atoms with Gasteiger partial charge in [0.15, 0.2) is 0 Å². The standard InChI is InChI=1S/C21H23N3O2/c1-17-13-23-24(15-17)11-10-21(25)22-14-19-8-5-9-20(12-19)26-16-18-6-3-2-4-7-18/h2-9,12-13,15H,10-11,14,16H2,1H3,(H,22,25). The highest BCUT2D eigenvalue weighted by Crippen LogP contribution is 2.15. The van der Waals surface area contributed by atoms with E-state index in [2.05, 4.69) is 10.4 Å². The van der Waals surface area contributed by atoms with Gasteiger partial charge in [0.2, 0.25) is 5.91 Å². The first-order valence-corrected chi connectivity index (χ1v) is 8.70. The van der Waals surface area contributed by atoms with E-state index in [1.807, 2.05) is 67.7 Å². The van der Waals surface area contributed by atoms with E-state index in [4.69, 9.17) is 4.74 Å². The number of nitrogens with one attached hydrogen (secondary N) is 1. The van der Waals surface area contributed by atoms with Crippen molar-refractivity contribution in [2.75, 3.05) is 0 Å². The van der Waals surface area contributed by atoms with Crippen LogP contribution in [0.15, 0.2) is 67.0 Å². The van der Waals surface area contributed by atoms with Gasteiger partial charge in [-0.2, -0.15) is 5.10 Å². The molecular formula is C21H23N3O2. The minimum atomic E-state index is 0.00811. The molecule has 1 amide bonds. The van der Waals surface area contributed by atoms with E-state index in [0.717, 1.165) is 22.4 Å². The molecule has 1 N–H and O–H groups in total. The average Bonchev–Trinajstić information content (AvgIpc) is 3.09. The van der Waals surface area contributed by atoms with Gasteiger partial charge in [-0.25, -0.2) is 0 Å². The lowest BCUT2D eigenvalue weighted by Crippen LogP contribution is -2.24. The highest BCUT2D eigenvalue weighted by molar-refractivity contribution is 5.75. The van der Waals surface area contributed by atoms with Gasteiger partial charge in [-0.3, -0.25) is 9.48 Å². The van der Waals surface area contributed by atoms with Crippen LogP contribution in [0.5, 0.6) is 5.75 Å². The fourth-order valence-electron chi connectivity index (χ4n) is 2.58. The molecule has 0 aliphatic rings. The lowest BCUT2D eigenvalue weighted by atomic mass is 10.2. The zero-order valence-corrected chi connectivity index (χ0v) is 14.9. The summed E-state index contributed by atoms with van der Waals surface area (Å²) in [5.74, 6) is 0.807. The van der Waals surface area contributed by atoms with Crippen LogP contribution in [-0.4, -0.2) is 15.7 Å². The summed E-state index contributed by atoms with van der Waals surface area (Å²) in [7, 11) is 0. The first-order valence-electron chi connectivity index (χ1n) is 8.70.